The zero-order valence-corrected chi connectivity index (χ0v) is 10.5. The summed E-state index contributed by atoms with van der Waals surface area (Å²) in [4.78, 5) is 0. The van der Waals surface area contributed by atoms with E-state index in [0.29, 0.717) is 5.02 Å². The van der Waals surface area contributed by atoms with Gasteiger partial charge in [0.15, 0.2) is 0 Å². The van der Waals surface area contributed by atoms with Gasteiger partial charge in [0.2, 0.25) is 0 Å². The van der Waals surface area contributed by atoms with Crippen LogP contribution in [0.15, 0.2) is 6.20 Å². The predicted molar refractivity (Wildman–Crippen MR) is 63.4 cm³/mol. The van der Waals surface area contributed by atoms with E-state index < -0.39 is 0 Å². The molecule has 2 rings (SSSR count). The van der Waals surface area contributed by atoms with Gasteiger partial charge < -0.3 is 10.5 Å². The SMILES string of the molecule is CCn1ncc(Cl)c1C(N)C1(C)CCCO1. The summed E-state index contributed by atoms with van der Waals surface area (Å²) < 4.78 is 7.60. The van der Waals surface area contributed by atoms with Crippen molar-refractivity contribution in [1.29, 1.82) is 0 Å². The van der Waals surface area contributed by atoms with Crippen LogP contribution >= 0.6 is 11.6 Å². The number of ether oxygens (including phenoxy) is 1. The lowest BCUT2D eigenvalue weighted by Crippen LogP contribution is -2.39. The standard InChI is InChI=1S/C11H18ClN3O/c1-3-15-9(8(12)7-14-15)10(13)11(2)5-4-6-16-11/h7,10H,3-6,13H2,1-2H3. The Balaban J connectivity index is 2.32. The fraction of sp³-hybridized carbons (Fsp3) is 0.727. The van der Waals surface area contributed by atoms with Crippen LogP contribution in [-0.2, 0) is 11.3 Å². The fourth-order valence-corrected chi connectivity index (χ4v) is 2.53. The lowest BCUT2D eigenvalue weighted by atomic mass is 9.91. The van der Waals surface area contributed by atoms with Gasteiger partial charge in [-0.15, -0.1) is 0 Å². The Morgan fingerprint density at radius 1 is 1.75 bits per heavy atom. The van der Waals surface area contributed by atoms with E-state index in [4.69, 9.17) is 22.1 Å². The van der Waals surface area contributed by atoms with Crippen molar-refractivity contribution in [2.75, 3.05) is 6.61 Å². The molecule has 0 aromatic carbocycles. The lowest BCUT2D eigenvalue weighted by molar-refractivity contribution is -0.00380. The largest absolute Gasteiger partial charge is 0.373 e. The minimum atomic E-state index is -0.309. The summed E-state index contributed by atoms with van der Waals surface area (Å²) >= 11 is 6.14. The van der Waals surface area contributed by atoms with E-state index >= 15 is 0 Å². The molecule has 1 aliphatic heterocycles. The van der Waals surface area contributed by atoms with Crippen LogP contribution in [0.25, 0.3) is 0 Å². The Kier molecular flexibility index (Phi) is 3.24. The number of nitrogens with zero attached hydrogens (tertiary/aromatic N) is 2. The molecule has 1 fully saturated rings. The minimum absolute atomic E-state index is 0.218. The molecule has 2 N–H and O–H groups in total. The zero-order valence-electron chi connectivity index (χ0n) is 9.74. The summed E-state index contributed by atoms with van der Waals surface area (Å²) in [6, 6.07) is -0.218. The number of halogens is 1. The first-order valence-electron chi connectivity index (χ1n) is 5.69. The molecule has 1 aromatic heterocycles. The van der Waals surface area contributed by atoms with Crippen LogP contribution in [0, 0.1) is 0 Å². The van der Waals surface area contributed by atoms with Crippen molar-refractivity contribution >= 4 is 11.6 Å². The molecule has 0 aliphatic carbocycles. The van der Waals surface area contributed by atoms with Crippen LogP contribution < -0.4 is 5.73 Å². The van der Waals surface area contributed by atoms with Crippen LogP contribution in [0.2, 0.25) is 5.02 Å². The number of nitrogens with two attached hydrogens (primary N) is 1. The first-order chi connectivity index (χ1) is 7.58. The molecule has 2 heterocycles. The third kappa shape index (κ3) is 1.85. The summed E-state index contributed by atoms with van der Waals surface area (Å²) in [5.41, 5.74) is 6.86. The molecule has 16 heavy (non-hydrogen) atoms. The molecule has 0 radical (unpaired) electrons. The topological polar surface area (TPSA) is 53.1 Å². The smallest absolute Gasteiger partial charge is 0.0862 e. The molecule has 1 aromatic rings. The van der Waals surface area contributed by atoms with E-state index in [-0.39, 0.29) is 11.6 Å². The van der Waals surface area contributed by atoms with Crippen LogP contribution in [-0.4, -0.2) is 22.0 Å². The molecule has 1 saturated heterocycles. The van der Waals surface area contributed by atoms with E-state index in [0.717, 1.165) is 31.7 Å². The van der Waals surface area contributed by atoms with E-state index in [9.17, 15) is 0 Å². The van der Waals surface area contributed by atoms with E-state index in [1.54, 1.807) is 6.20 Å². The molecule has 0 amide bonds. The molecule has 5 heteroatoms. The number of aryl methyl sites for hydroxylation is 1. The van der Waals surface area contributed by atoms with Gasteiger partial charge in [-0.3, -0.25) is 4.68 Å². The highest BCUT2D eigenvalue weighted by Crippen LogP contribution is 2.37. The van der Waals surface area contributed by atoms with Gasteiger partial charge in [0, 0.05) is 13.2 Å². The minimum Gasteiger partial charge on any atom is -0.373 e. The molecule has 2 unspecified atom stereocenters. The average Bonchev–Trinajstić information content (AvgIpc) is 2.85. The van der Waals surface area contributed by atoms with E-state index in [2.05, 4.69) is 5.10 Å². The van der Waals surface area contributed by atoms with Crippen molar-refractivity contribution in [3.8, 4) is 0 Å². The fourth-order valence-electron chi connectivity index (χ4n) is 2.27. The highest BCUT2D eigenvalue weighted by atomic mass is 35.5. The molecular formula is C11H18ClN3O. The first-order valence-corrected chi connectivity index (χ1v) is 6.07. The van der Waals surface area contributed by atoms with Crippen LogP contribution in [0.5, 0.6) is 0 Å². The first kappa shape index (κ1) is 11.9. The second-order valence-electron chi connectivity index (χ2n) is 4.44. The summed E-state index contributed by atoms with van der Waals surface area (Å²) in [6.07, 6.45) is 3.68. The normalized spacial score (nSPS) is 27.2. The van der Waals surface area contributed by atoms with Gasteiger partial charge in [-0.1, -0.05) is 11.6 Å². The van der Waals surface area contributed by atoms with Gasteiger partial charge >= 0.3 is 0 Å². The van der Waals surface area contributed by atoms with Crippen molar-refractivity contribution in [2.24, 2.45) is 5.73 Å². The van der Waals surface area contributed by atoms with Crippen LogP contribution in [0.4, 0.5) is 0 Å². The molecule has 0 saturated carbocycles. The molecule has 90 valence electrons. The average molecular weight is 244 g/mol. The molecule has 1 aliphatic rings. The second kappa shape index (κ2) is 4.35. The Morgan fingerprint density at radius 3 is 3.06 bits per heavy atom. The quantitative estimate of drug-likeness (QED) is 0.885. The van der Waals surface area contributed by atoms with E-state index in [1.807, 2.05) is 18.5 Å². The number of hydrogen-bond acceptors (Lipinski definition) is 3. The summed E-state index contributed by atoms with van der Waals surface area (Å²) in [7, 11) is 0. The van der Waals surface area contributed by atoms with Gasteiger partial charge in [-0.05, 0) is 26.7 Å². The molecule has 2 atom stereocenters. The lowest BCUT2D eigenvalue weighted by Gasteiger charge is -2.30. The highest BCUT2D eigenvalue weighted by molar-refractivity contribution is 6.31. The van der Waals surface area contributed by atoms with Crippen molar-refractivity contribution in [1.82, 2.24) is 9.78 Å². The monoisotopic (exact) mass is 243 g/mol. The summed E-state index contributed by atoms with van der Waals surface area (Å²) in [5.74, 6) is 0. The molecule has 0 spiro atoms. The maximum absolute atomic E-state index is 6.29. The summed E-state index contributed by atoms with van der Waals surface area (Å²) in [6.45, 7) is 5.62. The summed E-state index contributed by atoms with van der Waals surface area (Å²) in [5, 5.41) is 4.84. The van der Waals surface area contributed by atoms with Gasteiger partial charge in [-0.25, -0.2) is 0 Å². The van der Waals surface area contributed by atoms with Gasteiger partial charge in [0.05, 0.1) is 28.6 Å². The molecular weight excluding hydrogens is 226 g/mol. The zero-order chi connectivity index (χ0) is 11.8. The van der Waals surface area contributed by atoms with Gasteiger partial charge in [0.1, 0.15) is 0 Å². The number of aromatic nitrogens is 2. The van der Waals surface area contributed by atoms with Crippen LogP contribution in [0.1, 0.15) is 38.4 Å². The Labute approximate surface area is 101 Å². The van der Waals surface area contributed by atoms with Crippen molar-refractivity contribution < 1.29 is 4.74 Å². The third-order valence-corrected chi connectivity index (χ3v) is 3.63. The predicted octanol–water partition coefficient (Wildman–Crippen LogP) is 2.13. The Bertz CT molecular complexity index is 371. The number of hydrogen-bond donors (Lipinski definition) is 1. The van der Waals surface area contributed by atoms with Crippen LogP contribution in [0.3, 0.4) is 0 Å². The molecule has 4 nitrogen and oxygen atoms in total. The van der Waals surface area contributed by atoms with Gasteiger partial charge in [-0.2, -0.15) is 5.10 Å². The van der Waals surface area contributed by atoms with E-state index in [1.165, 1.54) is 0 Å². The highest BCUT2D eigenvalue weighted by Gasteiger charge is 2.39. The van der Waals surface area contributed by atoms with Gasteiger partial charge in [0.25, 0.3) is 0 Å². The maximum atomic E-state index is 6.29. The van der Waals surface area contributed by atoms with Crippen molar-refractivity contribution in [2.45, 2.75) is 44.9 Å². The molecule has 0 bridgehead atoms. The van der Waals surface area contributed by atoms with Crippen molar-refractivity contribution in [3.63, 3.8) is 0 Å². The third-order valence-electron chi connectivity index (χ3n) is 3.33. The van der Waals surface area contributed by atoms with Crippen molar-refractivity contribution in [3.05, 3.63) is 16.9 Å². The number of rotatable bonds is 3. The maximum Gasteiger partial charge on any atom is 0.0862 e. The second-order valence-corrected chi connectivity index (χ2v) is 4.84. The Morgan fingerprint density at radius 2 is 2.50 bits per heavy atom. The Hall–Kier alpha value is -0.580.